The maximum atomic E-state index is 13.0. The first-order valence-corrected chi connectivity index (χ1v) is 5.64. The second kappa shape index (κ2) is 4.97. The predicted molar refractivity (Wildman–Crippen MR) is 72.2 cm³/mol. The van der Waals surface area contributed by atoms with E-state index in [2.05, 4.69) is 5.32 Å². The Kier molecular flexibility index (Phi) is 3.37. The van der Waals surface area contributed by atoms with E-state index in [0.717, 1.165) is 0 Å². The average Bonchev–Trinajstić information content (AvgIpc) is 2.34. The Morgan fingerprint density at radius 1 is 1.26 bits per heavy atom. The van der Waals surface area contributed by atoms with Crippen molar-refractivity contribution in [3.63, 3.8) is 0 Å². The molecule has 0 radical (unpaired) electrons. The topological polar surface area (TPSA) is 75.3 Å². The number of benzene rings is 2. The quantitative estimate of drug-likeness (QED) is 0.741. The van der Waals surface area contributed by atoms with Crippen molar-refractivity contribution in [3.05, 3.63) is 53.3 Å². The van der Waals surface area contributed by atoms with Gasteiger partial charge in [0.2, 0.25) is 0 Å². The Hall–Kier alpha value is -2.56. The molecule has 0 atom stereocenters. The molecule has 0 saturated heterocycles. The molecular weight excluding hydrogens is 247 g/mol. The van der Waals surface area contributed by atoms with Crippen LogP contribution in [0.1, 0.15) is 15.9 Å². The van der Waals surface area contributed by atoms with Crippen LogP contribution in [0.15, 0.2) is 36.4 Å². The molecule has 0 unspecified atom stereocenters. The van der Waals surface area contributed by atoms with E-state index in [4.69, 9.17) is 10.8 Å². The highest BCUT2D eigenvalue weighted by molar-refractivity contribution is 5.91. The fourth-order valence-electron chi connectivity index (χ4n) is 1.80. The SMILES string of the molecule is Cc1c(Nc2ccc(F)cc2N)cccc1C(=O)O. The molecule has 2 aromatic carbocycles. The fraction of sp³-hybridized carbons (Fsp3) is 0.0714. The van der Waals surface area contributed by atoms with Crippen LogP contribution in [0.25, 0.3) is 0 Å². The molecule has 0 aliphatic rings. The van der Waals surface area contributed by atoms with Crippen LogP contribution < -0.4 is 11.1 Å². The van der Waals surface area contributed by atoms with Crippen molar-refractivity contribution in [1.82, 2.24) is 0 Å². The number of hydrogen-bond acceptors (Lipinski definition) is 3. The van der Waals surface area contributed by atoms with E-state index in [1.165, 1.54) is 24.3 Å². The fourth-order valence-corrected chi connectivity index (χ4v) is 1.80. The molecule has 0 spiro atoms. The minimum absolute atomic E-state index is 0.214. The number of aromatic carboxylic acids is 1. The minimum Gasteiger partial charge on any atom is -0.478 e. The molecule has 0 fully saturated rings. The number of carboxylic acids is 1. The number of nitrogens with one attached hydrogen (secondary N) is 1. The average molecular weight is 260 g/mol. The normalized spacial score (nSPS) is 10.2. The van der Waals surface area contributed by atoms with Gasteiger partial charge in [0.1, 0.15) is 5.82 Å². The van der Waals surface area contributed by atoms with Gasteiger partial charge in [-0.1, -0.05) is 6.07 Å². The largest absolute Gasteiger partial charge is 0.478 e. The van der Waals surface area contributed by atoms with E-state index in [9.17, 15) is 9.18 Å². The summed E-state index contributed by atoms with van der Waals surface area (Å²) in [5, 5.41) is 12.1. The van der Waals surface area contributed by atoms with Gasteiger partial charge in [0.05, 0.1) is 16.9 Å². The summed E-state index contributed by atoms with van der Waals surface area (Å²) < 4.78 is 13.0. The zero-order valence-corrected chi connectivity index (χ0v) is 10.3. The standard InChI is InChI=1S/C14H13FN2O2/c1-8-10(14(18)19)3-2-4-12(8)17-13-6-5-9(15)7-11(13)16/h2-7,17H,16H2,1H3,(H,18,19). The van der Waals surface area contributed by atoms with Gasteiger partial charge in [-0.25, -0.2) is 9.18 Å². The molecule has 98 valence electrons. The third kappa shape index (κ3) is 2.65. The maximum Gasteiger partial charge on any atom is 0.336 e. The summed E-state index contributed by atoms with van der Waals surface area (Å²) in [5.41, 5.74) is 7.93. The third-order valence-corrected chi connectivity index (χ3v) is 2.85. The van der Waals surface area contributed by atoms with Crippen molar-refractivity contribution in [2.75, 3.05) is 11.1 Å². The second-order valence-electron chi connectivity index (χ2n) is 4.14. The highest BCUT2D eigenvalue weighted by Gasteiger charge is 2.10. The van der Waals surface area contributed by atoms with Gasteiger partial charge in [-0.15, -0.1) is 0 Å². The summed E-state index contributed by atoms with van der Waals surface area (Å²) in [6.07, 6.45) is 0. The van der Waals surface area contributed by atoms with Crippen LogP contribution in [-0.2, 0) is 0 Å². The first-order chi connectivity index (χ1) is 8.99. The Balaban J connectivity index is 2.38. The van der Waals surface area contributed by atoms with Crippen LogP contribution in [0, 0.1) is 12.7 Å². The first-order valence-electron chi connectivity index (χ1n) is 5.64. The lowest BCUT2D eigenvalue weighted by Gasteiger charge is -2.13. The van der Waals surface area contributed by atoms with Crippen molar-refractivity contribution in [2.24, 2.45) is 0 Å². The molecule has 0 bridgehead atoms. The van der Waals surface area contributed by atoms with Crippen LogP contribution in [-0.4, -0.2) is 11.1 Å². The highest BCUT2D eigenvalue weighted by Crippen LogP contribution is 2.27. The first kappa shape index (κ1) is 12.9. The molecule has 4 nitrogen and oxygen atoms in total. The van der Waals surface area contributed by atoms with E-state index >= 15 is 0 Å². The Labute approximate surface area is 109 Å². The number of nitrogen functional groups attached to an aromatic ring is 1. The van der Waals surface area contributed by atoms with Gasteiger partial charge >= 0.3 is 5.97 Å². The van der Waals surface area contributed by atoms with Gasteiger partial charge in [0, 0.05) is 5.69 Å². The molecule has 0 saturated carbocycles. The molecule has 19 heavy (non-hydrogen) atoms. The van der Waals surface area contributed by atoms with Gasteiger partial charge in [-0.05, 0) is 42.8 Å². The molecule has 2 rings (SSSR count). The van der Waals surface area contributed by atoms with Crippen LogP contribution >= 0.6 is 0 Å². The molecule has 0 amide bonds. The summed E-state index contributed by atoms with van der Waals surface area (Å²) in [6.45, 7) is 1.70. The lowest BCUT2D eigenvalue weighted by molar-refractivity contribution is 0.0696. The number of carboxylic acid groups (broad SMARTS) is 1. The summed E-state index contributed by atoms with van der Waals surface area (Å²) >= 11 is 0. The van der Waals surface area contributed by atoms with Gasteiger partial charge in [-0.2, -0.15) is 0 Å². The summed E-state index contributed by atoms with van der Waals surface area (Å²) in [4.78, 5) is 11.0. The Morgan fingerprint density at radius 3 is 2.63 bits per heavy atom. The molecule has 0 aliphatic carbocycles. The molecule has 2 aromatic rings. The number of carbonyl (C=O) groups is 1. The predicted octanol–water partition coefficient (Wildman–Crippen LogP) is 3.16. The summed E-state index contributed by atoms with van der Waals surface area (Å²) in [7, 11) is 0. The zero-order chi connectivity index (χ0) is 14.0. The smallest absolute Gasteiger partial charge is 0.336 e. The van der Waals surface area contributed by atoms with Crippen molar-refractivity contribution in [1.29, 1.82) is 0 Å². The van der Waals surface area contributed by atoms with Crippen LogP contribution in [0.5, 0.6) is 0 Å². The van der Waals surface area contributed by atoms with Crippen LogP contribution in [0.3, 0.4) is 0 Å². The van der Waals surface area contributed by atoms with E-state index in [1.54, 1.807) is 19.1 Å². The monoisotopic (exact) mass is 260 g/mol. The van der Waals surface area contributed by atoms with Gasteiger partial charge < -0.3 is 16.2 Å². The van der Waals surface area contributed by atoms with E-state index in [1.807, 2.05) is 0 Å². The molecule has 0 aliphatic heterocycles. The van der Waals surface area contributed by atoms with Crippen molar-refractivity contribution < 1.29 is 14.3 Å². The van der Waals surface area contributed by atoms with E-state index in [-0.39, 0.29) is 11.3 Å². The van der Waals surface area contributed by atoms with Gasteiger partial charge in [0.15, 0.2) is 0 Å². The molecular formula is C14H13FN2O2. The minimum atomic E-state index is -0.992. The molecule has 5 heteroatoms. The third-order valence-electron chi connectivity index (χ3n) is 2.85. The van der Waals surface area contributed by atoms with E-state index in [0.29, 0.717) is 16.9 Å². The summed E-state index contributed by atoms with van der Waals surface area (Å²) in [5.74, 6) is -1.41. The number of nitrogens with two attached hydrogens (primary N) is 1. The lowest BCUT2D eigenvalue weighted by atomic mass is 10.1. The zero-order valence-electron chi connectivity index (χ0n) is 10.3. The Bertz CT molecular complexity index is 641. The van der Waals surface area contributed by atoms with Gasteiger partial charge in [-0.3, -0.25) is 0 Å². The number of hydrogen-bond donors (Lipinski definition) is 3. The molecule has 0 aromatic heterocycles. The van der Waals surface area contributed by atoms with Crippen LogP contribution in [0.2, 0.25) is 0 Å². The highest BCUT2D eigenvalue weighted by atomic mass is 19.1. The second-order valence-corrected chi connectivity index (χ2v) is 4.14. The summed E-state index contributed by atoms with van der Waals surface area (Å²) in [6, 6.07) is 8.91. The number of halogens is 1. The van der Waals surface area contributed by atoms with Crippen molar-refractivity contribution in [3.8, 4) is 0 Å². The Morgan fingerprint density at radius 2 is 2.00 bits per heavy atom. The lowest BCUT2D eigenvalue weighted by Crippen LogP contribution is -2.04. The maximum absolute atomic E-state index is 13.0. The van der Waals surface area contributed by atoms with E-state index < -0.39 is 11.8 Å². The van der Waals surface area contributed by atoms with Crippen molar-refractivity contribution >= 4 is 23.0 Å². The van der Waals surface area contributed by atoms with Gasteiger partial charge in [0.25, 0.3) is 0 Å². The molecule has 0 heterocycles. The number of anilines is 3. The number of rotatable bonds is 3. The molecule has 4 N–H and O–H groups in total. The van der Waals surface area contributed by atoms with Crippen LogP contribution in [0.4, 0.5) is 21.5 Å². The van der Waals surface area contributed by atoms with Crippen molar-refractivity contribution in [2.45, 2.75) is 6.92 Å².